The van der Waals surface area contributed by atoms with Gasteiger partial charge in [0, 0.05) is 5.56 Å². The van der Waals surface area contributed by atoms with Crippen LogP contribution in [0.1, 0.15) is 21.5 Å². The van der Waals surface area contributed by atoms with Crippen LogP contribution in [0.3, 0.4) is 0 Å². The van der Waals surface area contributed by atoms with Crippen LogP contribution in [-0.2, 0) is 16.1 Å². The number of rotatable bonds is 5. The largest absolute Gasteiger partial charge is 0.488 e. The molecule has 0 unspecified atom stereocenters. The molecule has 0 spiro atoms. The van der Waals surface area contributed by atoms with Gasteiger partial charge in [-0.1, -0.05) is 30.3 Å². The lowest BCUT2D eigenvalue weighted by Gasteiger charge is -2.10. The van der Waals surface area contributed by atoms with Gasteiger partial charge in [-0.3, -0.25) is 10.1 Å². The zero-order chi connectivity index (χ0) is 18.5. The quantitative estimate of drug-likeness (QED) is 0.479. The van der Waals surface area contributed by atoms with Crippen LogP contribution in [0.15, 0.2) is 54.2 Å². The Balaban J connectivity index is 1.73. The average Bonchev–Trinajstić information content (AvgIpc) is 2.97. The van der Waals surface area contributed by atoms with E-state index in [9.17, 15) is 9.59 Å². The van der Waals surface area contributed by atoms with Gasteiger partial charge in [0.2, 0.25) is 0 Å². The minimum absolute atomic E-state index is 0.275. The number of benzene rings is 2. The molecule has 1 fully saturated rings. The van der Waals surface area contributed by atoms with Gasteiger partial charge < -0.3 is 14.8 Å². The van der Waals surface area contributed by atoms with Crippen LogP contribution < -0.4 is 15.4 Å². The fraction of sp³-hybridized carbons (Fsp3) is 0.105. The highest BCUT2D eigenvalue weighted by Crippen LogP contribution is 2.22. The molecule has 0 aliphatic carbocycles. The Kier molecular flexibility index (Phi) is 5.28. The number of para-hydroxylation sites is 1. The molecule has 2 aromatic rings. The van der Waals surface area contributed by atoms with E-state index in [4.69, 9.17) is 17.0 Å². The second-order valence-electron chi connectivity index (χ2n) is 5.48. The van der Waals surface area contributed by atoms with Crippen molar-refractivity contribution in [1.29, 1.82) is 0 Å². The van der Waals surface area contributed by atoms with Crippen LogP contribution in [0.2, 0.25) is 0 Å². The average molecular weight is 368 g/mol. The number of ether oxygens (including phenoxy) is 2. The smallest absolute Gasteiger partial charge is 0.337 e. The summed E-state index contributed by atoms with van der Waals surface area (Å²) in [7, 11) is 1.34. The van der Waals surface area contributed by atoms with Crippen LogP contribution in [0.5, 0.6) is 5.75 Å². The summed E-state index contributed by atoms with van der Waals surface area (Å²) in [6.07, 6.45) is 1.68. The first-order valence-electron chi connectivity index (χ1n) is 7.80. The highest BCUT2D eigenvalue weighted by molar-refractivity contribution is 7.80. The van der Waals surface area contributed by atoms with Gasteiger partial charge in [-0.05, 0) is 42.1 Å². The molecule has 2 N–H and O–H groups in total. The van der Waals surface area contributed by atoms with Gasteiger partial charge in [-0.25, -0.2) is 4.79 Å². The van der Waals surface area contributed by atoms with E-state index in [1.165, 1.54) is 7.11 Å². The van der Waals surface area contributed by atoms with Crippen LogP contribution in [0.4, 0.5) is 0 Å². The summed E-state index contributed by atoms with van der Waals surface area (Å²) in [6, 6.07) is 14.4. The third-order valence-electron chi connectivity index (χ3n) is 3.71. The molecule has 0 atom stereocenters. The van der Waals surface area contributed by atoms with E-state index in [2.05, 4.69) is 15.4 Å². The SMILES string of the molecule is COC(=O)c1ccc(COc2ccccc2C=C2NC(=S)NC2=O)cc1. The molecular formula is C19H16N2O4S. The van der Waals surface area contributed by atoms with Gasteiger partial charge in [0.25, 0.3) is 5.91 Å². The molecule has 2 aromatic carbocycles. The number of hydrogen-bond acceptors (Lipinski definition) is 5. The monoisotopic (exact) mass is 368 g/mol. The van der Waals surface area contributed by atoms with Crippen molar-refractivity contribution in [2.24, 2.45) is 0 Å². The van der Waals surface area contributed by atoms with Crippen LogP contribution in [-0.4, -0.2) is 24.1 Å². The molecule has 0 saturated carbocycles. The lowest BCUT2D eigenvalue weighted by atomic mass is 10.1. The van der Waals surface area contributed by atoms with Crippen molar-refractivity contribution in [2.75, 3.05) is 7.11 Å². The lowest BCUT2D eigenvalue weighted by Crippen LogP contribution is -2.21. The molecule has 1 aliphatic heterocycles. The summed E-state index contributed by atoms with van der Waals surface area (Å²) in [5.41, 5.74) is 2.50. The molecule has 1 saturated heterocycles. The molecule has 1 amide bonds. The molecule has 0 bridgehead atoms. The maximum Gasteiger partial charge on any atom is 0.337 e. The first-order chi connectivity index (χ1) is 12.6. The molecule has 0 radical (unpaired) electrons. The second-order valence-corrected chi connectivity index (χ2v) is 5.89. The second kappa shape index (κ2) is 7.79. The molecule has 3 rings (SSSR count). The highest BCUT2D eigenvalue weighted by atomic mass is 32.1. The molecular weight excluding hydrogens is 352 g/mol. The predicted molar refractivity (Wildman–Crippen MR) is 100 cm³/mol. The minimum Gasteiger partial charge on any atom is -0.488 e. The molecule has 7 heteroatoms. The Morgan fingerprint density at radius 1 is 1.12 bits per heavy atom. The number of hydrogen-bond donors (Lipinski definition) is 2. The molecule has 1 aliphatic rings. The van der Waals surface area contributed by atoms with E-state index in [0.717, 1.165) is 11.1 Å². The number of carbonyl (C=O) groups is 2. The zero-order valence-electron chi connectivity index (χ0n) is 13.9. The fourth-order valence-corrected chi connectivity index (χ4v) is 2.59. The van der Waals surface area contributed by atoms with E-state index in [-0.39, 0.29) is 17.0 Å². The van der Waals surface area contributed by atoms with Gasteiger partial charge in [-0.15, -0.1) is 0 Å². The third-order valence-corrected chi connectivity index (χ3v) is 3.91. The zero-order valence-corrected chi connectivity index (χ0v) is 14.8. The van der Waals surface area contributed by atoms with Gasteiger partial charge >= 0.3 is 5.97 Å². The Morgan fingerprint density at radius 2 is 1.85 bits per heavy atom. The maximum absolute atomic E-state index is 11.8. The minimum atomic E-state index is -0.380. The number of carbonyl (C=O) groups excluding carboxylic acids is 2. The van der Waals surface area contributed by atoms with Crippen LogP contribution in [0, 0.1) is 0 Å². The topological polar surface area (TPSA) is 76.7 Å². The van der Waals surface area contributed by atoms with E-state index in [0.29, 0.717) is 23.6 Å². The molecule has 0 aromatic heterocycles. The number of thiocarbonyl (C=S) groups is 1. The summed E-state index contributed by atoms with van der Waals surface area (Å²) in [4.78, 5) is 23.2. The molecule has 26 heavy (non-hydrogen) atoms. The molecule has 6 nitrogen and oxygen atoms in total. The predicted octanol–water partition coefficient (Wildman–Crippen LogP) is 2.40. The summed E-state index contributed by atoms with van der Waals surface area (Å²) < 4.78 is 10.5. The van der Waals surface area contributed by atoms with E-state index in [1.54, 1.807) is 30.3 Å². The van der Waals surface area contributed by atoms with Gasteiger partial charge in [0.1, 0.15) is 18.1 Å². The number of amides is 1. The van der Waals surface area contributed by atoms with Crippen molar-refractivity contribution < 1.29 is 19.1 Å². The Hall–Kier alpha value is -3.19. The van der Waals surface area contributed by atoms with Crippen molar-refractivity contribution in [3.05, 3.63) is 70.9 Å². The van der Waals surface area contributed by atoms with Crippen molar-refractivity contribution in [2.45, 2.75) is 6.61 Å². The number of esters is 1. The van der Waals surface area contributed by atoms with Crippen molar-refractivity contribution in [3.8, 4) is 5.75 Å². The van der Waals surface area contributed by atoms with Crippen LogP contribution >= 0.6 is 12.2 Å². The molecule has 1 heterocycles. The fourth-order valence-electron chi connectivity index (χ4n) is 2.39. The Bertz CT molecular complexity index is 891. The molecule has 132 valence electrons. The highest BCUT2D eigenvalue weighted by Gasteiger charge is 2.20. The maximum atomic E-state index is 11.8. The summed E-state index contributed by atoms with van der Waals surface area (Å²) in [6.45, 7) is 0.319. The van der Waals surface area contributed by atoms with E-state index >= 15 is 0 Å². The van der Waals surface area contributed by atoms with Gasteiger partial charge in [0.05, 0.1) is 12.7 Å². The van der Waals surface area contributed by atoms with Crippen molar-refractivity contribution in [3.63, 3.8) is 0 Å². The van der Waals surface area contributed by atoms with Crippen LogP contribution in [0.25, 0.3) is 6.08 Å². The van der Waals surface area contributed by atoms with Crippen molar-refractivity contribution >= 4 is 35.3 Å². The van der Waals surface area contributed by atoms with E-state index in [1.807, 2.05) is 24.3 Å². The van der Waals surface area contributed by atoms with Gasteiger partial charge in [0.15, 0.2) is 5.11 Å². The first kappa shape index (κ1) is 17.6. The van der Waals surface area contributed by atoms with Crippen molar-refractivity contribution in [1.82, 2.24) is 10.6 Å². The van der Waals surface area contributed by atoms with Gasteiger partial charge in [-0.2, -0.15) is 0 Å². The summed E-state index contributed by atoms with van der Waals surface area (Å²) in [5.74, 6) is -0.0256. The Labute approximate surface area is 155 Å². The standard InChI is InChI=1S/C19H16N2O4S/c1-24-18(23)13-8-6-12(7-9-13)11-25-16-5-3-2-4-14(16)10-15-17(22)21-19(26)20-15/h2-10H,11H2,1H3,(H2,20,21,22,26). The number of nitrogens with one attached hydrogen (secondary N) is 2. The number of methoxy groups -OCH3 is 1. The first-order valence-corrected chi connectivity index (χ1v) is 8.21. The van der Waals surface area contributed by atoms with E-state index < -0.39 is 0 Å². The summed E-state index contributed by atoms with van der Waals surface area (Å²) in [5, 5.41) is 5.61. The summed E-state index contributed by atoms with van der Waals surface area (Å²) >= 11 is 4.93. The lowest BCUT2D eigenvalue weighted by molar-refractivity contribution is -0.115. The third kappa shape index (κ3) is 4.07. The Morgan fingerprint density at radius 3 is 2.50 bits per heavy atom. The normalized spacial score (nSPS) is 14.7.